The number of fused-ring (bicyclic) bond motifs is 1. The summed E-state index contributed by atoms with van der Waals surface area (Å²) in [5.41, 5.74) is 8.04. The number of halogens is 2. The third-order valence-corrected chi connectivity index (χ3v) is 2.78. The average molecular weight is 197 g/mol. The highest BCUT2D eigenvalue weighted by Crippen LogP contribution is 2.30. The molecule has 0 aliphatic heterocycles. The van der Waals surface area contributed by atoms with E-state index < -0.39 is 6.43 Å². The van der Waals surface area contributed by atoms with Gasteiger partial charge in [-0.2, -0.15) is 0 Å². The third kappa shape index (κ3) is 1.64. The maximum absolute atomic E-state index is 12.4. The molecule has 1 aromatic rings. The molecule has 3 heteroatoms. The van der Waals surface area contributed by atoms with E-state index in [4.69, 9.17) is 5.73 Å². The summed E-state index contributed by atoms with van der Waals surface area (Å²) in [6.45, 7) is 0. The maximum Gasteiger partial charge on any atom is 0.263 e. The summed E-state index contributed by atoms with van der Waals surface area (Å²) in [5, 5.41) is 0. The summed E-state index contributed by atoms with van der Waals surface area (Å²) in [5.74, 6) is 0. The first-order valence-corrected chi connectivity index (χ1v) is 4.85. The van der Waals surface area contributed by atoms with Crippen LogP contribution in [-0.4, -0.2) is 0 Å². The summed E-state index contributed by atoms with van der Waals surface area (Å²) in [6.07, 6.45) is 0.462. The van der Waals surface area contributed by atoms with Crippen LogP contribution in [-0.2, 0) is 6.42 Å². The first-order valence-electron chi connectivity index (χ1n) is 4.85. The van der Waals surface area contributed by atoms with E-state index in [1.165, 1.54) is 6.07 Å². The Morgan fingerprint density at radius 3 is 2.86 bits per heavy atom. The van der Waals surface area contributed by atoms with Crippen molar-refractivity contribution in [3.63, 3.8) is 0 Å². The second-order valence-electron chi connectivity index (χ2n) is 3.76. The molecule has 1 atom stereocenters. The Labute approximate surface area is 81.9 Å². The number of benzene rings is 1. The van der Waals surface area contributed by atoms with Crippen molar-refractivity contribution in [1.29, 1.82) is 0 Å². The van der Waals surface area contributed by atoms with E-state index in [0.717, 1.165) is 30.4 Å². The molecule has 0 saturated carbocycles. The predicted octanol–water partition coefficient (Wildman–Crippen LogP) is 2.96. The highest BCUT2D eigenvalue weighted by Gasteiger charge is 2.18. The summed E-state index contributed by atoms with van der Waals surface area (Å²) in [4.78, 5) is 0. The van der Waals surface area contributed by atoms with Crippen LogP contribution < -0.4 is 5.73 Å². The Morgan fingerprint density at radius 1 is 1.36 bits per heavy atom. The van der Waals surface area contributed by atoms with Gasteiger partial charge in [0.15, 0.2) is 0 Å². The van der Waals surface area contributed by atoms with Crippen LogP contribution in [0.4, 0.5) is 8.78 Å². The highest BCUT2D eigenvalue weighted by atomic mass is 19.3. The summed E-state index contributed by atoms with van der Waals surface area (Å²) >= 11 is 0. The highest BCUT2D eigenvalue weighted by molar-refractivity contribution is 5.36. The van der Waals surface area contributed by atoms with Crippen LogP contribution in [0.1, 0.15) is 42.0 Å². The van der Waals surface area contributed by atoms with Crippen LogP contribution in [0, 0.1) is 0 Å². The minimum atomic E-state index is -2.38. The quantitative estimate of drug-likeness (QED) is 0.735. The molecular formula is C11H13F2N. The molecule has 0 radical (unpaired) electrons. The molecule has 1 aliphatic rings. The van der Waals surface area contributed by atoms with E-state index in [1.807, 2.05) is 0 Å². The van der Waals surface area contributed by atoms with Crippen molar-refractivity contribution in [2.45, 2.75) is 31.7 Å². The number of nitrogens with two attached hydrogens (primary N) is 1. The molecule has 76 valence electrons. The molecule has 2 rings (SSSR count). The SMILES string of the molecule is NC1CCCc2cc(C(F)F)ccc21. The van der Waals surface area contributed by atoms with Crippen LogP contribution in [0.25, 0.3) is 0 Å². The first kappa shape index (κ1) is 9.59. The average Bonchev–Trinajstić information content (AvgIpc) is 2.17. The molecular weight excluding hydrogens is 184 g/mol. The lowest BCUT2D eigenvalue weighted by Gasteiger charge is -2.22. The van der Waals surface area contributed by atoms with E-state index in [-0.39, 0.29) is 11.6 Å². The summed E-state index contributed by atoms with van der Waals surface area (Å²) < 4.78 is 24.8. The van der Waals surface area contributed by atoms with E-state index in [0.29, 0.717) is 0 Å². The van der Waals surface area contributed by atoms with Crippen molar-refractivity contribution in [1.82, 2.24) is 0 Å². The second kappa shape index (κ2) is 3.65. The molecule has 14 heavy (non-hydrogen) atoms. The van der Waals surface area contributed by atoms with Crippen LogP contribution >= 0.6 is 0 Å². The summed E-state index contributed by atoms with van der Waals surface area (Å²) in [7, 11) is 0. The van der Waals surface area contributed by atoms with Gasteiger partial charge in [-0.25, -0.2) is 8.78 Å². The number of hydrogen-bond donors (Lipinski definition) is 1. The Morgan fingerprint density at radius 2 is 2.14 bits per heavy atom. The van der Waals surface area contributed by atoms with Gasteiger partial charge in [0, 0.05) is 11.6 Å². The standard InChI is InChI=1S/C11H13F2N/c12-11(13)8-4-5-9-7(6-8)2-1-3-10(9)14/h4-6,10-11H,1-3,14H2. The second-order valence-corrected chi connectivity index (χ2v) is 3.76. The van der Waals surface area contributed by atoms with Crippen LogP contribution in [0.15, 0.2) is 18.2 Å². The fourth-order valence-electron chi connectivity index (χ4n) is 2.01. The van der Waals surface area contributed by atoms with Gasteiger partial charge in [-0.1, -0.05) is 12.1 Å². The molecule has 0 spiro atoms. The fraction of sp³-hybridized carbons (Fsp3) is 0.455. The Hall–Kier alpha value is -0.960. The molecule has 1 unspecified atom stereocenters. The van der Waals surface area contributed by atoms with Crippen molar-refractivity contribution in [3.8, 4) is 0 Å². The van der Waals surface area contributed by atoms with Crippen LogP contribution in [0.2, 0.25) is 0 Å². The molecule has 1 aliphatic carbocycles. The smallest absolute Gasteiger partial charge is 0.263 e. The van der Waals surface area contributed by atoms with Crippen LogP contribution in [0.3, 0.4) is 0 Å². The number of hydrogen-bond acceptors (Lipinski definition) is 1. The monoisotopic (exact) mass is 197 g/mol. The van der Waals surface area contributed by atoms with Gasteiger partial charge in [0.2, 0.25) is 0 Å². The molecule has 1 aromatic carbocycles. The maximum atomic E-state index is 12.4. The van der Waals surface area contributed by atoms with Crippen LogP contribution in [0.5, 0.6) is 0 Å². The van der Waals surface area contributed by atoms with Crippen molar-refractivity contribution in [2.24, 2.45) is 5.73 Å². The van der Waals surface area contributed by atoms with E-state index in [1.54, 1.807) is 12.1 Å². The number of rotatable bonds is 1. The van der Waals surface area contributed by atoms with Crippen molar-refractivity contribution in [2.75, 3.05) is 0 Å². The summed E-state index contributed by atoms with van der Waals surface area (Å²) in [6, 6.07) is 4.86. The zero-order valence-corrected chi connectivity index (χ0v) is 7.84. The molecule has 0 amide bonds. The van der Waals surface area contributed by atoms with Gasteiger partial charge in [0.05, 0.1) is 0 Å². The van der Waals surface area contributed by atoms with Gasteiger partial charge in [0.1, 0.15) is 0 Å². The minimum absolute atomic E-state index is 0.0328. The van der Waals surface area contributed by atoms with E-state index >= 15 is 0 Å². The topological polar surface area (TPSA) is 26.0 Å². The van der Waals surface area contributed by atoms with Gasteiger partial charge >= 0.3 is 0 Å². The zero-order chi connectivity index (χ0) is 10.1. The molecule has 0 aromatic heterocycles. The Kier molecular flexibility index (Phi) is 2.50. The lowest BCUT2D eigenvalue weighted by Crippen LogP contribution is -2.17. The Balaban J connectivity index is 2.39. The molecule has 2 N–H and O–H groups in total. The van der Waals surface area contributed by atoms with Crippen molar-refractivity contribution in [3.05, 3.63) is 34.9 Å². The normalized spacial score (nSPS) is 21.0. The molecule has 0 fully saturated rings. The van der Waals surface area contributed by atoms with Crippen molar-refractivity contribution >= 4 is 0 Å². The largest absolute Gasteiger partial charge is 0.324 e. The number of alkyl halides is 2. The van der Waals surface area contributed by atoms with Crippen molar-refractivity contribution < 1.29 is 8.78 Å². The number of aryl methyl sites for hydroxylation is 1. The lowest BCUT2D eigenvalue weighted by molar-refractivity contribution is 0.151. The van der Waals surface area contributed by atoms with Gasteiger partial charge in [-0.3, -0.25) is 0 Å². The third-order valence-electron chi connectivity index (χ3n) is 2.78. The molecule has 1 nitrogen and oxygen atoms in total. The molecule has 0 bridgehead atoms. The predicted molar refractivity (Wildman–Crippen MR) is 51.3 cm³/mol. The zero-order valence-electron chi connectivity index (χ0n) is 7.84. The van der Waals surface area contributed by atoms with Gasteiger partial charge in [-0.05, 0) is 36.5 Å². The fourth-order valence-corrected chi connectivity index (χ4v) is 2.01. The van der Waals surface area contributed by atoms with Gasteiger partial charge < -0.3 is 5.73 Å². The molecule has 0 heterocycles. The van der Waals surface area contributed by atoms with E-state index in [2.05, 4.69) is 0 Å². The molecule has 0 saturated heterocycles. The van der Waals surface area contributed by atoms with Gasteiger partial charge in [0.25, 0.3) is 6.43 Å². The Bertz CT molecular complexity index is 336. The lowest BCUT2D eigenvalue weighted by atomic mass is 9.87. The minimum Gasteiger partial charge on any atom is -0.324 e. The first-order chi connectivity index (χ1) is 6.68. The van der Waals surface area contributed by atoms with E-state index in [9.17, 15) is 8.78 Å². The van der Waals surface area contributed by atoms with Gasteiger partial charge in [-0.15, -0.1) is 0 Å².